The minimum atomic E-state index is -1.02. The highest BCUT2D eigenvalue weighted by atomic mass is 35.5. The third-order valence-electron chi connectivity index (χ3n) is 5.76. The molecule has 152 valence electrons. The van der Waals surface area contributed by atoms with Crippen molar-refractivity contribution in [1.29, 1.82) is 0 Å². The van der Waals surface area contributed by atoms with E-state index in [1.54, 1.807) is 24.3 Å². The lowest BCUT2D eigenvalue weighted by atomic mass is 9.84. The lowest BCUT2D eigenvalue weighted by molar-refractivity contribution is -0.132. The first kappa shape index (κ1) is 18.8. The quantitative estimate of drug-likeness (QED) is 0.643. The number of hydrogen-bond donors (Lipinski definition) is 1. The van der Waals surface area contributed by atoms with Gasteiger partial charge in [-0.05, 0) is 61.1 Å². The third kappa shape index (κ3) is 3.06. The number of benzene rings is 2. The highest BCUT2D eigenvalue weighted by molar-refractivity contribution is 6.30. The summed E-state index contributed by atoms with van der Waals surface area (Å²) in [6.07, 6.45) is 3.31. The predicted molar refractivity (Wildman–Crippen MR) is 110 cm³/mol. The van der Waals surface area contributed by atoms with Crippen LogP contribution in [-0.2, 0) is 23.3 Å². The van der Waals surface area contributed by atoms with Gasteiger partial charge in [0.05, 0.1) is 0 Å². The van der Waals surface area contributed by atoms with Crippen LogP contribution in [0.5, 0.6) is 0 Å². The Morgan fingerprint density at radius 2 is 1.90 bits per heavy atom. The zero-order chi connectivity index (χ0) is 20.7. The molecule has 1 fully saturated rings. The van der Waals surface area contributed by atoms with E-state index in [9.17, 15) is 9.59 Å². The molecule has 1 aliphatic heterocycles. The molecule has 2 heterocycles. The number of urea groups is 1. The molecular formula is C22H19ClN4O3. The van der Waals surface area contributed by atoms with Crippen LogP contribution in [0, 0.1) is 0 Å². The monoisotopic (exact) mass is 422 g/mol. The molecule has 0 bridgehead atoms. The molecule has 5 rings (SSSR count). The standard InChI is InChI=1S/C22H19ClN4O3/c23-16-10-8-15(9-11-16)19-24-18(30-26-19)13-27-20(28)22(25-21(27)29)12-4-3-6-14-5-1-2-7-17(14)22/h1-2,5,7-11H,3-4,6,12-13H2,(H,25,29). The molecule has 1 spiro atoms. The Balaban J connectivity index is 1.43. The van der Waals surface area contributed by atoms with Crippen LogP contribution in [0.2, 0.25) is 5.02 Å². The number of aryl methyl sites for hydroxylation is 1. The molecule has 8 heteroatoms. The number of rotatable bonds is 3. The number of aromatic nitrogens is 2. The number of hydrogen-bond acceptors (Lipinski definition) is 5. The fourth-order valence-electron chi connectivity index (χ4n) is 4.29. The summed E-state index contributed by atoms with van der Waals surface area (Å²) in [6.45, 7) is -0.0742. The van der Waals surface area contributed by atoms with Crippen molar-refractivity contribution in [3.05, 3.63) is 70.6 Å². The number of amides is 3. The van der Waals surface area contributed by atoms with E-state index in [4.69, 9.17) is 16.1 Å². The molecule has 7 nitrogen and oxygen atoms in total. The van der Waals surface area contributed by atoms with Crippen LogP contribution in [0.1, 0.15) is 36.3 Å². The molecule has 1 unspecified atom stereocenters. The maximum Gasteiger partial charge on any atom is 0.325 e. The predicted octanol–water partition coefficient (Wildman–Crippen LogP) is 4.06. The van der Waals surface area contributed by atoms with Gasteiger partial charge in [-0.2, -0.15) is 4.98 Å². The van der Waals surface area contributed by atoms with E-state index in [1.165, 1.54) is 4.90 Å². The number of halogens is 1. The van der Waals surface area contributed by atoms with Crippen molar-refractivity contribution in [3.63, 3.8) is 0 Å². The molecule has 0 saturated carbocycles. The second kappa shape index (κ2) is 7.25. The van der Waals surface area contributed by atoms with Gasteiger partial charge < -0.3 is 9.84 Å². The average molecular weight is 423 g/mol. The minimum Gasteiger partial charge on any atom is -0.337 e. The van der Waals surface area contributed by atoms with Gasteiger partial charge in [-0.3, -0.25) is 9.69 Å². The van der Waals surface area contributed by atoms with Crippen molar-refractivity contribution >= 4 is 23.5 Å². The van der Waals surface area contributed by atoms with Crippen molar-refractivity contribution in [2.24, 2.45) is 0 Å². The van der Waals surface area contributed by atoms with Gasteiger partial charge in [0, 0.05) is 10.6 Å². The Morgan fingerprint density at radius 3 is 2.73 bits per heavy atom. The Kier molecular flexibility index (Phi) is 4.55. The zero-order valence-electron chi connectivity index (χ0n) is 16.1. The Hall–Kier alpha value is -3.19. The van der Waals surface area contributed by atoms with Gasteiger partial charge in [-0.25, -0.2) is 4.79 Å². The van der Waals surface area contributed by atoms with Crippen LogP contribution in [0.15, 0.2) is 53.1 Å². The molecule has 0 radical (unpaired) electrons. The zero-order valence-corrected chi connectivity index (χ0v) is 16.9. The van der Waals surface area contributed by atoms with Gasteiger partial charge >= 0.3 is 6.03 Å². The van der Waals surface area contributed by atoms with Gasteiger partial charge in [-0.15, -0.1) is 0 Å². The number of nitrogens with one attached hydrogen (secondary N) is 1. The van der Waals surface area contributed by atoms with Crippen molar-refractivity contribution in [2.45, 2.75) is 37.8 Å². The second-order valence-corrected chi connectivity index (χ2v) is 8.05. The highest BCUT2D eigenvalue weighted by Gasteiger charge is 2.53. The molecule has 3 aromatic rings. The molecule has 1 aliphatic carbocycles. The Bertz CT molecular complexity index is 1130. The van der Waals surface area contributed by atoms with Crippen molar-refractivity contribution in [2.75, 3.05) is 0 Å². The molecule has 1 N–H and O–H groups in total. The summed E-state index contributed by atoms with van der Waals surface area (Å²) >= 11 is 5.92. The molecular weight excluding hydrogens is 404 g/mol. The van der Waals surface area contributed by atoms with Crippen LogP contribution in [0.3, 0.4) is 0 Å². The van der Waals surface area contributed by atoms with E-state index < -0.39 is 11.6 Å². The number of imide groups is 1. The minimum absolute atomic E-state index is 0.0742. The van der Waals surface area contributed by atoms with E-state index >= 15 is 0 Å². The van der Waals surface area contributed by atoms with Gasteiger partial charge in [0.1, 0.15) is 12.1 Å². The van der Waals surface area contributed by atoms with Gasteiger partial charge in [0.25, 0.3) is 5.91 Å². The van der Waals surface area contributed by atoms with E-state index in [2.05, 4.69) is 15.5 Å². The third-order valence-corrected chi connectivity index (χ3v) is 6.02. The summed E-state index contributed by atoms with van der Waals surface area (Å²) in [4.78, 5) is 31.8. The van der Waals surface area contributed by atoms with Crippen molar-refractivity contribution < 1.29 is 14.1 Å². The molecule has 30 heavy (non-hydrogen) atoms. The molecule has 2 aliphatic rings. The van der Waals surface area contributed by atoms with E-state index in [1.807, 2.05) is 24.3 Å². The van der Waals surface area contributed by atoms with Crippen molar-refractivity contribution in [1.82, 2.24) is 20.4 Å². The SMILES string of the molecule is O=C1NC2(CCCCc3ccccc32)C(=O)N1Cc1nc(-c2ccc(Cl)cc2)no1. The number of nitrogens with zero attached hydrogens (tertiary/aromatic N) is 3. The van der Waals surface area contributed by atoms with Gasteiger partial charge in [0.15, 0.2) is 0 Å². The summed E-state index contributed by atoms with van der Waals surface area (Å²) in [5.74, 6) is 0.304. The van der Waals surface area contributed by atoms with Crippen LogP contribution in [0.25, 0.3) is 11.4 Å². The lowest BCUT2D eigenvalue weighted by Gasteiger charge is -2.27. The summed E-state index contributed by atoms with van der Waals surface area (Å²) in [6, 6.07) is 14.4. The fraction of sp³-hybridized carbons (Fsp3) is 0.273. The average Bonchev–Trinajstić information content (AvgIpc) is 3.25. The summed E-state index contributed by atoms with van der Waals surface area (Å²) in [7, 11) is 0. The number of fused-ring (bicyclic) bond motifs is 2. The maximum atomic E-state index is 13.5. The number of carbonyl (C=O) groups is 2. The van der Waals surface area contributed by atoms with Gasteiger partial charge in [-0.1, -0.05) is 41.0 Å². The highest BCUT2D eigenvalue weighted by Crippen LogP contribution is 2.39. The summed E-state index contributed by atoms with van der Waals surface area (Å²) < 4.78 is 5.31. The van der Waals surface area contributed by atoms with Crippen LogP contribution in [-0.4, -0.2) is 27.0 Å². The Labute approximate surface area is 178 Å². The topological polar surface area (TPSA) is 88.3 Å². The fourth-order valence-corrected chi connectivity index (χ4v) is 4.41. The van der Waals surface area contributed by atoms with Crippen LogP contribution < -0.4 is 5.32 Å². The smallest absolute Gasteiger partial charge is 0.325 e. The van der Waals surface area contributed by atoms with Crippen LogP contribution >= 0.6 is 11.6 Å². The second-order valence-electron chi connectivity index (χ2n) is 7.61. The number of carbonyl (C=O) groups excluding carboxylic acids is 2. The largest absolute Gasteiger partial charge is 0.337 e. The van der Waals surface area contributed by atoms with E-state index in [0.29, 0.717) is 17.3 Å². The van der Waals surface area contributed by atoms with Crippen molar-refractivity contribution in [3.8, 4) is 11.4 Å². The molecule has 2 aromatic carbocycles. The molecule has 1 saturated heterocycles. The summed E-state index contributed by atoms with van der Waals surface area (Å²) in [5, 5.41) is 7.53. The molecule has 3 amide bonds. The Morgan fingerprint density at radius 1 is 1.10 bits per heavy atom. The summed E-state index contributed by atoms with van der Waals surface area (Å²) in [5.41, 5.74) is 1.70. The first-order valence-corrected chi connectivity index (χ1v) is 10.3. The van der Waals surface area contributed by atoms with E-state index in [-0.39, 0.29) is 18.3 Å². The first-order valence-electron chi connectivity index (χ1n) is 9.88. The first-order chi connectivity index (χ1) is 14.6. The van der Waals surface area contributed by atoms with E-state index in [0.717, 1.165) is 36.0 Å². The van der Waals surface area contributed by atoms with Gasteiger partial charge in [0.2, 0.25) is 11.7 Å². The maximum absolute atomic E-state index is 13.5. The molecule has 1 atom stereocenters. The lowest BCUT2D eigenvalue weighted by Crippen LogP contribution is -2.44. The van der Waals surface area contributed by atoms with Crippen LogP contribution in [0.4, 0.5) is 4.79 Å². The normalized spacial score (nSPS) is 20.9. The molecule has 1 aromatic heterocycles.